The summed E-state index contributed by atoms with van der Waals surface area (Å²) in [5, 5.41) is 6.55. The van der Waals surface area contributed by atoms with Gasteiger partial charge < -0.3 is 0 Å². The molecule has 4 aliphatic rings. The van der Waals surface area contributed by atoms with Crippen molar-refractivity contribution in [3.8, 4) is 0 Å². The second kappa shape index (κ2) is 4.07. The average molecular weight is 295 g/mol. The van der Waals surface area contributed by atoms with Crippen molar-refractivity contribution in [1.82, 2.24) is 14.9 Å². The molecule has 4 saturated carbocycles. The highest BCUT2D eigenvalue weighted by Crippen LogP contribution is 2.55. The predicted molar refractivity (Wildman–Crippen MR) is 74.5 cm³/mol. The van der Waals surface area contributed by atoms with Gasteiger partial charge in [-0.1, -0.05) is 0 Å². The first-order valence-electron chi connectivity index (χ1n) is 7.50. The largest absolute Gasteiger partial charge is 0.281 e. The van der Waals surface area contributed by atoms with E-state index in [1.54, 1.807) is 6.92 Å². The molecular formula is C14H21N3O2S. The summed E-state index contributed by atoms with van der Waals surface area (Å²) in [7, 11) is -3.45. The van der Waals surface area contributed by atoms with Crippen LogP contribution in [0.3, 0.4) is 0 Å². The van der Waals surface area contributed by atoms with Crippen LogP contribution in [0.2, 0.25) is 0 Å². The topological polar surface area (TPSA) is 74.8 Å². The van der Waals surface area contributed by atoms with E-state index < -0.39 is 10.0 Å². The van der Waals surface area contributed by atoms with Gasteiger partial charge in [0.15, 0.2) is 0 Å². The molecule has 4 bridgehead atoms. The van der Waals surface area contributed by atoms with Crippen molar-refractivity contribution in [2.75, 3.05) is 0 Å². The number of aryl methyl sites for hydroxylation is 1. The maximum atomic E-state index is 12.6. The molecule has 5 nitrogen and oxygen atoms in total. The van der Waals surface area contributed by atoms with Gasteiger partial charge in [-0.2, -0.15) is 5.10 Å². The van der Waals surface area contributed by atoms with Crippen LogP contribution in [0, 0.1) is 24.7 Å². The Hall–Kier alpha value is -0.880. The normalized spacial score (nSPS) is 39.4. The minimum atomic E-state index is -3.45. The van der Waals surface area contributed by atoms with Crippen molar-refractivity contribution in [2.45, 2.75) is 55.9 Å². The Morgan fingerprint density at radius 3 is 2.20 bits per heavy atom. The molecule has 0 radical (unpaired) electrons. The zero-order valence-corrected chi connectivity index (χ0v) is 12.5. The van der Waals surface area contributed by atoms with E-state index in [0.717, 1.165) is 37.0 Å². The monoisotopic (exact) mass is 295 g/mol. The van der Waals surface area contributed by atoms with Gasteiger partial charge in [-0.15, -0.1) is 0 Å². The van der Waals surface area contributed by atoms with E-state index in [0.29, 0.717) is 10.6 Å². The van der Waals surface area contributed by atoms with E-state index in [-0.39, 0.29) is 5.54 Å². The van der Waals surface area contributed by atoms with E-state index in [9.17, 15) is 8.42 Å². The number of nitrogens with one attached hydrogen (secondary N) is 2. The van der Waals surface area contributed by atoms with Crippen molar-refractivity contribution >= 4 is 10.0 Å². The summed E-state index contributed by atoms with van der Waals surface area (Å²) in [6, 6.07) is 0. The minimum Gasteiger partial charge on any atom is -0.281 e. The van der Waals surface area contributed by atoms with E-state index in [4.69, 9.17) is 0 Å². The summed E-state index contributed by atoms with van der Waals surface area (Å²) in [5.41, 5.74) is 0.430. The first-order valence-corrected chi connectivity index (χ1v) is 8.98. The van der Waals surface area contributed by atoms with Gasteiger partial charge >= 0.3 is 0 Å². The standard InChI is InChI=1S/C14H21N3O2S/c1-9-13(8-15-16-9)20(18,19)17-14-5-10-2-11(6-14)4-12(3-10)7-14/h8,10-12,17H,2-7H2,1H3,(H,15,16). The van der Waals surface area contributed by atoms with Crippen molar-refractivity contribution in [3.05, 3.63) is 11.9 Å². The van der Waals surface area contributed by atoms with Crippen LogP contribution in [0.25, 0.3) is 0 Å². The molecule has 5 rings (SSSR count). The number of hydrogen-bond acceptors (Lipinski definition) is 3. The summed E-state index contributed by atoms with van der Waals surface area (Å²) in [6.07, 6.45) is 8.42. The number of nitrogens with zero attached hydrogens (tertiary/aromatic N) is 1. The summed E-state index contributed by atoms with van der Waals surface area (Å²) >= 11 is 0. The maximum absolute atomic E-state index is 12.6. The molecule has 0 saturated heterocycles. The highest BCUT2D eigenvalue weighted by atomic mass is 32.2. The average Bonchev–Trinajstić information content (AvgIpc) is 2.72. The number of aromatic amines is 1. The number of aromatic nitrogens is 2. The Labute approximate surface area is 119 Å². The summed E-state index contributed by atoms with van der Waals surface area (Å²) in [6.45, 7) is 1.75. The van der Waals surface area contributed by atoms with E-state index in [2.05, 4.69) is 14.9 Å². The Bertz CT molecular complexity index is 599. The second-order valence-electron chi connectivity index (χ2n) is 7.16. The molecule has 0 aliphatic heterocycles. The van der Waals surface area contributed by atoms with Crippen LogP contribution in [0.4, 0.5) is 0 Å². The van der Waals surface area contributed by atoms with Crippen LogP contribution in [0.1, 0.15) is 44.2 Å². The predicted octanol–water partition coefficient (Wildman–Crippen LogP) is 1.97. The van der Waals surface area contributed by atoms with Crippen LogP contribution < -0.4 is 4.72 Å². The van der Waals surface area contributed by atoms with Crippen molar-refractivity contribution in [1.29, 1.82) is 0 Å². The quantitative estimate of drug-likeness (QED) is 0.895. The Morgan fingerprint density at radius 1 is 1.20 bits per heavy atom. The van der Waals surface area contributed by atoms with Crippen LogP contribution >= 0.6 is 0 Å². The molecule has 0 unspecified atom stereocenters. The van der Waals surface area contributed by atoms with Gasteiger partial charge in [-0.05, 0) is 63.2 Å². The SMILES string of the molecule is Cc1[nH]ncc1S(=O)(=O)NC12CC3CC(CC(C3)C1)C2. The smallest absolute Gasteiger partial charge is 0.244 e. The molecular weight excluding hydrogens is 274 g/mol. The molecule has 0 atom stereocenters. The fourth-order valence-corrected chi connectivity index (χ4v) is 6.76. The zero-order valence-electron chi connectivity index (χ0n) is 11.7. The fraction of sp³-hybridized carbons (Fsp3) is 0.786. The molecule has 1 heterocycles. The van der Waals surface area contributed by atoms with Crippen molar-refractivity contribution in [3.63, 3.8) is 0 Å². The van der Waals surface area contributed by atoms with Gasteiger partial charge in [0.05, 0.1) is 11.9 Å². The maximum Gasteiger partial charge on any atom is 0.244 e. The number of hydrogen-bond donors (Lipinski definition) is 2. The van der Waals surface area contributed by atoms with Gasteiger partial charge in [-0.25, -0.2) is 13.1 Å². The zero-order chi connectivity index (χ0) is 14.0. The van der Waals surface area contributed by atoms with Crippen molar-refractivity contribution in [2.24, 2.45) is 17.8 Å². The number of H-pyrrole nitrogens is 1. The van der Waals surface area contributed by atoms with Crippen LogP contribution in [-0.2, 0) is 10.0 Å². The molecule has 4 aliphatic carbocycles. The van der Waals surface area contributed by atoms with Gasteiger partial charge in [0.2, 0.25) is 10.0 Å². The molecule has 4 fully saturated rings. The lowest BCUT2D eigenvalue weighted by atomic mass is 9.53. The van der Waals surface area contributed by atoms with E-state index >= 15 is 0 Å². The molecule has 20 heavy (non-hydrogen) atoms. The number of sulfonamides is 1. The van der Waals surface area contributed by atoms with Crippen molar-refractivity contribution < 1.29 is 8.42 Å². The molecule has 0 amide bonds. The van der Waals surface area contributed by atoms with Crippen LogP contribution in [0.5, 0.6) is 0 Å². The molecule has 0 aromatic carbocycles. The number of rotatable bonds is 3. The first kappa shape index (κ1) is 12.8. The lowest BCUT2D eigenvalue weighted by Gasteiger charge is -2.56. The van der Waals surface area contributed by atoms with Gasteiger partial charge in [-0.3, -0.25) is 5.10 Å². The Morgan fingerprint density at radius 2 is 1.75 bits per heavy atom. The first-order chi connectivity index (χ1) is 9.46. The lowest BCUT2D eigenvalue weighted by molar-refractivity contribution is -0.00810. The highest BCUT2D eigenvalue weighted by Gasteiger charge is 2.52. The molecule has 2 N–H and O–H groups in total. The molecule has 1 aromatic rings. The molecule has 1 aromatic heterocycles. The Balaban J connectivity index is 1.64. The summed E-state index contributed by atoms with van der Waals surface area (Å²) in [4.78, 5) is 0.299. The minimum absolute atomic E-state index is 0.183. The van der Waals surface area contributed by atoms with Crippen LogP contribution in [-0.4, -0.2) is 24.2 Å². The molecule has 6 heteroatoms. The van der Waals surface area contributed by atoms with E-state index in [1.165, 1.54) is 25.5 Å². The highest BCUT2D eigenvalue weighted by molar-refractivity contribution is 7.89. The van der Waals surface area contributed by atoms with E-state index in [1.807, 2.05) is 0 Å². The van der Waals surface area contributed by atoms with Crippen LogP contribution in [0.15, 0.2) is 11.1 Å². The molecule has 110 valence electrons. The Kier molecular flexibility index (Phi) is 2.61. The third-order valence-electron chi connectivity index (χ3n) is 5.46. The van der Waals surface area contributed by atoms with Gasteiger partial charge in [0.1, 0.15) is 4.90 Å². The van der Waals surface area contributed by atoms with Gasteiger partial charge in [0.25, 0.3) is 0 Å². The lowest BCUT2D eigenvalue weighted by Crippen LogP contribution is -2.59. The molecule has 0 spiro atoms. The summed E-state index contributed by atoms with van der Waals surface area (Å²) < 4.78 is 28.3. The third-order valence-corrected chi connectivity index (χ3v) is 7.15. The third kappa shape index (κ3) is 1.92. The van der Waals surface area contributed by atoms with Gasteiger partial charge in [0, 0.05) is 5.54 Å². The fourth-order valence-electron chi connectivity index (χ4n) is 5.19. The summed E-state index contributed by atoms with van der Waals surface area (Å²) in [5.74, 6) is 2.19. The second-order valence-corrected chi connectivity index (χ2v) is 8.81.